The molecular formula is C10H19NS2. The first-order chi connectivity index (χ1) is 6.34. The van der Waals surface area contributed by atoms with Crippen LogP contribution in [0.4, 0.5) is 0 Å². The first-order valence-electron chi connectivity index (χ1n) is 5.20. The fourth-order valence-corrected chi connectivity index (χ4v) is 2.70. The Balaban J connectivity index is 1.96. The van der Waals surface area contributed by atoms with Gasteiger partial charge in [0.05, 0.1) is 4.99 Å². The van der Waals surface area contributed by atoms with Crippen LogP contribution >= 0.6 is 24.0 Å². The molecule has 0 aliphatic carbocycles. The van der Waals surface area contributed by atoms with Crippen molar-refractivity contribution in [2.24, 2.45) is 0 Å². The van der Waals surface area contributed by atoms with E-state index >= 15 is 0 Å². The molecule has 0 radical (unpaired) electrons. The number of likely N-dealkylation sites (tertiary alicyclic amines) is 1. The molecule has 0 aromatic carbocycles. The lowest BCUT2D eigenvalue weighted by molar-refractivity contribution is 0.459. The molecule has 0 saturated carbocycles. The van der Waals surface area contributed by atoms with E-state index in [2.05, 4.69) is 23.6 Å². The Morgan fingerprint density at radius 2 is 2.31 bits per heavy atom. The third kappa shape index (κ3) is 4.32. The minimum absolute atomic E-state index is 1.15. The Hall–Kier alpha value is 0.240. The van der Waals surface area contributed by atoms with Crippen molar-refractivity contribution in [3.05, 3.63) is 0 Å². The van der Waals surface area contributed by atoms with Gasteiger partial charge in [0.25, 0.3) is 0 Å². The maximum absolute atomic E-state index is 5.26. The summed E-state index contributed by atoms with van der Waals surface area (Å²) in [5.74, 6) is 2.61. The largest absolute Gasteiger partial charge is 0.366 e. The number of hydrogen-bond donors (Lipinski definition) is 0. The number of nitrogens with zero attached hydrogens (tertiary/aromatic N) is 1. The minimum Gasteiger partial charge on any atom is -0.366 e. The Morgan fingerprint density at radius 3 is 2.92 bits per heavy atom. The van der Waals surface area contributed by atoms with Crippen molar-refractivity contribution in [3.63, 3.8) is 0 Å². The molecule has 1 fully saturated rings. The van der Waals surface area contributed by atoms with Crippen LogP contribution in [0.25, 0.3) is 0 Å². The number of thiocarbonyl (C=S) groups is 1. The van der Waals surface area contributed by atoms with Crippen LogP contribution in [0, 0.1) is 0 Å². The van der Waals surface area contributed by atoms with E-state index in [1.807, 2.05) is 0 Å². The lowest BCUT2D eigenvalue weighted by Crippen LogP contribution is -2.24. The molecule has 0 aromatic rings. The zero-order chi connectivity index (χ0) is 9.52. The van der Waals surface area contributed by atoms with Gasteiger partial charge in [-0.3, -0.25) is 0 Å². The molecule has 3 heteroatoms. The fraction of sp³-hybridized carbons (Fsp3) is 0.900. The number of rotatable bonds is 6. The lowest BCUT2D eigenvalue weighted by atomic mass is 10.4. The van der Waals surface area contributed by atoms with Crippen LogP contribution in [-0.2, 0) is 0 Å². The zero-order valence-corrected chi connectivity index (χ0v) is 10.1. The molecule has 0 N–H and O–H groups in total. The topological polar surface area (TPSA) is 3.24 Å². The van der Waals surface area contributed by atoms with E-state index in [4.69, 9.17) is 12.2 Å². The molecule has 76 valence electrons. The van der Waals surface area contributed by atoms with Gasteiger partial charge in [-0.2, -0.15) is 11.8 Å². The molecule has 0 spiro atoms. The predicted molar refractivity (Wildman–Crippen MR) is 65.6 cm³/mol. The monoisotopic (exact) mass is 217 g/mol. The molecule has 1 aliphatic rings. The van der Waals surface area contributed by atoms with Crippen LogP contribution in [0.1, 0.15) is 32.6 Å². The van der Waals surface area contributed by atoms with Gasteiger partial charge in [0, 0.05) is 13.1 Å². The first-order valence-corrected chi connectivity index (χ1v) is 6.76. The first kappa shape index (κ1) is 11.3. The van der Waals surface area contributed by atoms with Crippen molar-refractivity contribution in [3.8, 4) is 0 Å². The molecule has 1 saturated heterocycles. The van der Waals surface area contributed by atoms with Gasteiger partial charge in [0.15, 0.2) is 0 Å². The van der Waals surface area contributed by atoms with E-state index in [0.717, 1.165) is 6.42 Å². The molecule has 0 atom stereocenters. The zero-order valence-electron chi connectivity index (χ0n) is 8.42. The molecule has 1 rings (SSSR count). The van der Waals surface area contributed by atoms with E-state index < -0.39 is 0 Å². The summed E-state index contributed by atoms with van der Waals surface area (Å²) in [5.41, 5.74) is 0. The van der Waals surface area contributed by atoms with Crippen LogP contribution in [0.3, 0.4) is 0 Å². The van der Waals surface area contributed by atoms with Crippen LogP contribution in [0.15, 0.2) is 0 Å². The summed E-state index contributed by atoms with van der Waals surface area (Å²) >= 11 is 7.33. The molecule has 1 nitrogen and oxygen atoms in total. The van der Waals surface area contributed by atoms with Crippen molar-refractivity contribution in [1.29, 1.82) is 0 Å². The second-order valence-electron chi connectivity index (χ2n) is 3.45. The molecule has 0 unspecified atom stereocenters. The Kier molecular flexibility index (Phi) is 5.80. The van der Waals surface area contributed by atoms with Gasteiger partial charge in [0.2, 0.25) is 0 Å². The van der Waals surface area contributed by atoms with E-state index in [9.17, 15) is 0 Å². The van der Waals surface area contributed by atoms with Gasteiger partial charge in [-0.05, 0) is 37.2 Å². The van der Waals surface area contributed by atoms with Gasteiger partial charge >= 0.3 is 0 Å². The summed E-state index contributed by atoms with van der Waals surface area (Å²) in [6.07, 6.45) is 5.02. The smallest absolute Gasteiger partial charge is 0.0779 e. The highest BCUT2D eigenvalue weighted by Crippen LogP contribution is 2.13. The minimum atomic E-state index is 1.15. The average molecular weight is 217 g/mol. The van der Waals surface area contributed by atoms with Crippen molar-refractivity contribution in [2.75, 3.05) is 24.6 Å². The maximum Gasteiger partial charge on any atom is 0.0779 e. The van der Waals surface area contributed by atoms with E-state index in [1.54, 1.807) is 0 Å². The summed E-state index contributed by atoms with van der Waals surface area (Å²) in [6, 6.07) is 0. The molecule has 13 heavy (non-hydrogen) atoms. The SMILES string of the molecule is CCCSCCCN1CCCC1=S. The average Bonchev–Trinajstić information content (AvgIpc) is 2.52. The maximum atomic E-state index is 5.26. The molecule has 0 aromatic heterocycles. The van der Waals surface area contributed by atoms with Crippen molar-refractivity contribution in [1.82, 2.24) is 4.90 Å². The highest BCUT2D eigenvalue weighted by Gasteiger charge is 2.15. The number of hydrogen-bond acceptors (Lipinski definition) is 2. The standard InChI is InChI=1S/C10H19NS2/c1-2-8-13-9-4-7-11-6-3-5-10(11)12/h2-9H2,1H3. The summed E-state index contributed by atoms with van der Waals surface area (Å²) in [6.45, 7) is 4.63. The third-order valence-electron chi connectivity index (χ3n) is 2.24. The third-order valence-corrected chi connectivity index (χ3v) is 3.97. The predicted octanol–water partition coefficient (Wildman–Crippen LogP) is 2.94. The van der Waals surface area contributed by atoms with Crippen LogP contribution in [0.5, 0.6) is 0 Å². The highest BCUT2D eigenvalue weighted by molar-refractivity contribution is 7.99. The van der Waals surface area contributed by atoms with Crippen LogP contribution in [-0.4, -0.2) is 34.5 Å². The summed E-state index contributed by atoms with van der Waals surface area (Å²) in [7, 11) is 0. The number of thioether (sulfide) groups is 1. The molecule has 0 amide bonds. The van der Waals surface area contributed by atoms with Crippen LogP contribution < -0.4 is 0 Å². The fourth-order valence-electron chi connectivity index (χ4n) is 1.54. The van der Waals surface area contributed by atoms with Gasteiger partial charge in [-0.15, -0.1) is 0 Å². The van der Waals surface area contributed by atoms with E-state index in [-0.39, 0.29) is 0 Å². The summed E-state index contributed by atoms with van der Waals surface area (Å²) in [5, 5.41) is 0. The van der Waals surface area contributed by atoms with Crippen molar-refractivity contribution in [2.45, 2.75) is 32.6 Å². The van der Waals surface area contributed by atoms with Gasteiger partial charge in [-0.25, -0.2) is 0 Å². The molecule has 0 bridgehead atoms. The van der Waals surface area contributed by atoms with Gasteiger partial charge in [-0.1, -0.05) is 19.1 Å². The quantitative estimate of drug-likeness (QED) is 0.497. The Morgan fingerprint density at radius 1 is 1.46 bits per heavy atom. The Labute approximate surface area is 91.3 Å². The second kappa shape index (κ2) is 6.66. The summed E-state index contributed by atoms with van der Waals surface area (Å²) in [4.78, 5) is 3.57. The van der Waals surface area contributed by atoms with E-state index in [0.29, 0.717) is 0 Å². The molecule has 1 heterocycles. The molecule has 1 aliphatic heterocycles. The second-order valence-corrected chi connectivity index (χ2v) is 5.15. The van der Waals surface area contributed by atoms with Gasteiger partial charge < -0.3 is 4.90 Å². The van der Waals surface area contributed by atoms with E-state index in [1.165, 1.54) is 48.8 Å². The summed E-state index contributed by atoms with van der Waals surface area (Å²) < 4.78 is 0. The molecular weight excluding hydrogens is 198 g/mol. The highest BCUT2D eigenvalue weighted by atomic mass is 32.2. The van der Waals surface area contributed by atoms with Crippen molar-refractivity contribution >= 4 is 29.0 Å². The Bertz CT molecular complexity index is 159. The van der Waals surface area contributed by atoms with Gasteiger partial charge in [0.1, 0.15) is 0 Å². The lowest BCUT2D eigenvalue weighted by Gasteiger charge is -2.16. The van der Waals surface area contributed by atoms with Crippen LogP contribution in [0.2, 0.25) is 0 Å². The normalized spacial score (nSPS) is 17.0. The van der Waals surface area contributed by atoms with Crippen molar-refractivity contribution < 1.29 is 0 Å².